The summed E-state index contributed by atoms with van der Waals surface area (Å²) in [6, 6.07) is 13.0. The van der Waals surface area contributed by atoms with Crippen LogP contribution in [0.25, 0.3) is 0 Å². The second-order valence-electron chi connectivity index (χ2n) is 8.40. The van der Waals surface area contributed by atoms with E-state index in [2.05, 4.69) is 22.1 Å². The highest BCUT2D eigenvalue weighted by Gasteiger charge is 2.34. The van der Waals surface area contributed by atoms with Crippen LogP contribution in [0.4, 0.5) is 11.4 Å². The summed E-state index contributed by atoms with van der Waals surface area (Å²) in [6.07, 6.45) is 3.37. The lowest BCUT2D eigenvalue weighted by atomic mass is 10.1. The number of nitro groups is 1. The molecule has 4 rings (SSSR count). The van der Waals surface area contributed by atoms with Gasteiger partial charge in [-0.1, -0.05) is 35.5 Å². The Bertz CT molecular complexity index is 1270. The van der Waals surface area contributed by atoms with Gasteiger partial charge in [0.15, 0.2) is 11.0 Å². The maximum atomic E-state index is 13.2. The predicted molar refractivity (Wildman–Crippen MR) is 137 cm³/mol. The monoisotopic (exact) mass is 506 g/mol. The summed E-state index contributed by atoms with van der Waals surface area (Å²) in [4.78, 5) is 37.8. The molecule has 1 aliphatic rings. The summed E-state index contributed by atoms with van der Waals surface area (Å²) in [5.74, 6) is 0.428. The number of allylic oxidation sites excluding steroid dienone is 1. The highest BCUT2D eigenvalue weighted by Crippen LogP contribution is 2.34. The van der Waals surface area contributed by atoms with E-state index in [-0.39, 0.29) is 29.3 Å². The molecule has 2 heterocycles. The molecule has 1 atom stereocenters. The molecule has 1 fully saturated rings. The Balaban J connectivity index is 1.45. The van der Waals surface area contributed by atoms with Crippen LogP contribution in [-0.4, -0.2) is 48.7 Å². The summed E-state index contributed by atoms with van der Waals surface area (Å²) in [6.45, 7) is 6.89. The minimum absolute atomic E-state index is 0.0395. The molecule has 0 bridgehead atoms. The van der Waals surface area contributed by atoms with Crippen molar-refractivity contribution in [2.45, 2.75) is 37.5 Å². The first-order chi connectivity index (χ1) is 17.4. The fourth-order valence-electron chi connectivity index (χ4n) is 4.09. The average Bonchev–Trinajstić information content (AvgIpc) is 3.50. The van der Waals surface area contributed by atoms with E-state index < -0.39 is 4.92 Å². The quantitative estimate of drug-likeness (QED) is 0.198. The van der Waals surface area contributed by atoms with Gasteiger partial charge in [-0.05, 0) is 44.0 Å². The number of hydrogen-bond acceptors (Lipinski definition) is 7. The lowest BCUT2D eigenvalue weighted by molar-refractivity contribution is -0.384. The third-order valence-electron chi connectivity index (χ3n) is 5.86. The van der Waals surface area contributed by atoms with Crippen LogP contribution in [0.3, 0.4) is 0 Å². The number of aryl methyl sites for hydroxylation is 1. The van der Waals surface area contributed by atoms with E-state index in [1.807, 2.05) is 40.7 Å². The Labute approximate surface area is 212 Å². The van der Waals surface area contributed by atoms with E-state index in [0.29, 0.717) is 35.3 Å². The number of nitro benzene ring substituents is 1. The zero-order chi connectivity index (χ0) is 25.7. The molecule has 186 valence electrons. The molecule has 1 aromatic heterocycles. The molecule has 1 aliphatic heterocycles. The van der Waals surface area contributed by atoms with E-state index >= 15 is 0 Å². The fourth-order valence-corrected chi connectivity index (χ4v) is 4.84. The topological polar surface area (TPSA) is 123 Å². The number of nitrogens with one attached hydrogen (secondary N) is 1. The number of amides is 2. The van der Waals surface area contributed by atoms with Crippen molar-refractivity contribution in [1.82, 2.24) is 19.7 Å². The smallest absolute Gasteiger partial charge is 0.269 e. The number of likely N-dealkylation sites (tertiary alicyclic amines) is 1. The number of non-ortho nitro benzene ring substituents is 1. The predicted octanol–water partition coefficient (Wildman–Crippen LogP) is 4.39. The number of rotatable bonds is 9. The van der Waals surface area contributed by atoms with Crippen molar-refractivity contribution in [1.29, 1.82) is 0 Å². The molecule has 36 heavy (non-hydrogen) atoms. The summed E-state index contributed by atoms with van der Waals surface area (Å²) >= 11 is 1.23. The van der Waals surface area contributed by atoms with Crippen LogP contribution >= 0.6 is 11.8 Å². The number of benzene rings is 2. The van der Waals surface area contributed by atoms with E-state index in [1.165, 1.54) is 36.0 Å². The van der Waals surface area contributed by atoms with Crippen molar-refractivity contribution in [3.63, 3.8) is 0 Å². The van der Waals surface area contributed by atoms with Gasteiger partial charge in [0.1, 0.15) is 0 Å². The summed E-state index contributed by atoms with van der Waals surface area (Å²) in [5.41, 5.74) is 2.15. The molecule has 0 spiro atoms. The molecule has 0 aliphatic carbocycles. The van der Waals surface area contributed by atoms with Crippen molar-refractivity contribution in [2.75, 3.05) is 17.6 Å². The number of thioether (sulfide) groups is 1. The lowest BCUT2D eigenvalue weighted by Crippen LogP contribution is -2.32. The molecule has 3 aromatic rings. The largest absolute Gasteiger partial charge is 0.328 e. The normalized spacial score (nSPS) is 15.0. The van der Waals surface area contributed by atoms with Crippen LogP contribution in [0, 0.1) is 17.0 Å². The van der Waals surface area contributed by atoms with Gasteiger partial charge in [-0.3, -0.25) is 19.7 Å². The zero-order valence-corrected chi connectivity index (χ0v) is 20.6. The molecular formula is C25H26N6O4S. The Kier molecular flexibility index (Phi) is 7.79. The molecule has 1 unspecified atom stereocenters. The average molecular weight is 507 g/mol. The molecule has 2 amide bonds. The third-order valence-corrected chi connectivity index (χ3v) is 6.83. The molecule has 2 aromatic carbocycles. The summed E-state index contributed by atoms with van der Waals surface area (Å²) < 4.78 is 1.89. The Morgan fingerprint density at radius 2 is 1.92 bits per heavy atom. The molecule has 11 heteroatoms. The Morgan fingerprint density at radius 1 is 1.19 bits per heavy atom. The van der Waals surface area contributed by atoms with Crippen molar-refractivity contribution >= 4 is 35.0 Å². The number of hydrogen-bond donors (Lipinski definition) is 1. The van der Waals surface area contributed by atoms with Gasteiger partial charge in [-0.2, -0.15) is 0 Å². The van der Waals surface area contributed by atoms with Crippen LogP contribution in [0.15, 0.2) is 66.3 Å². The number of carbonyl (C=O) groups excluding carboxylic acids is 2. The Morgan fingerprint density at radius 3 is 2.58 bits per heavy atom. The van der Waals surface area contributed by atoms with Gasteiger partial charge in [0, 0.05) is 36.5 Å². The summed E-state index contributed by atoms with van der Waals surface area (Å²) in [5, 5.41) is 22.8. The van der Waals surface area contributed by atoms with Gasteiger partial charge in [0.2, 0.25) is 5.91 Å². The third kappa shape index (κ3) is 5.62. The summed E-state index contributed by atoms with van der Waals surface area (Å²) in [7, 11) is 0. The van der Waals surface area contributed by atoms with Crippen LogP contribution in [0.2, 0.25) is 0 Å². The molecule has 1 saturated heterocycles. The Hall–Kier alpha value is -3.99. The van der Waals surface area contributed by atoms with E-state index in [0.717, 1.165) is 18.4 Å². The van der Waals surface area contributed by atoms with Crippen LogP contribution < -0.4 is 5.32 Å². The molecule has 10 nitrogen and oxygen atoms in total. The van der Waals surface area contributed by atoms with Crippen molar-refractivity contribution in [3.05, 3.63) is 88.3 Å². The molecule has 0 radical (unpaired) electrons. The number of aromatic nitrogens is 3. The number of anilines is 1. The van der Waals surface area contributed by atoms with Crippen LogP contribution in [-0.2, 0) is 11.3 Å². The lowest BCUT2D eigenvalue weighted by Gasteiger charge is -2.24. The SMILES string of the molecule is C=CCn1c(SCC(=O)Nc2ccc([N+](=O)[O-])cc2)nnc1C1CCCN1C(=O)c1ccc(C)cc1. The highest BCUT2D eigenvalue weighted by atomic mass is 32.2. The van der Waals surface area contributed by atoms with Crippen molar-refractivity contribution in [3.8, 4) is 0 Å². The van der Waals surface area contributed by atoms with Crippen molar-refractivity contribution in [2.24, 2.45) is 0 Å². The first-order valence-corrected chi connectivity index (χ1v) is 12.4. The highest BCUT2D eigenvalue weighted by molar-refractivity contribution is 7.99. The molecule has 0 saturated carbocycles. The standard InChI is InChI=1S/C25H26N6O4S/c1-3-14-30-23(21-5-4-15-29(21)24(33)18-8-6-17(2)7-9-18)27-28-25(30)36-16-22(32)26-19-10-12-20(13-11-19)31(34)35/h3,6-13,21H,1,4-5,14-16H2,2H3,(H,26,32). The zero-order valence-electron chi connectivity index (χ0n) is 19.8. The first kappa shape index (κ1) is 25.1. The van der Waals surface area contributed by atoms with Gasteiger partial charge in [0.05, 0.1) is 16.7 Å². The maximum Gasteiger partial charge on any atom is 0.269 e. The minimum atomic E-state index is -0.495. The maximum absolute atomic E-state index is 13.2. The molecular weight excluding hydrogens is 480 g/mol. The number of nitrogens with zero attached hydrogens (tertiary/aromatic N) is 5. The number of carbonyl (C=O) groups is 2. The van der Waals surface area contributed by atoms with E-state index in [4.69, 9.17) is 0 Å². The second kappa shape index (κ2) is 11.2. The van der Waals surface area contributed by atoms with Gasteiger partial charge in [0.25, 0.3) is 11.6 Å². The van der Waals surface area contributed by atoms with Crippen molar-refractivity contribution < 1.29 is 14.5 Å². The first-order valence-electron chi connectivity index (χ1n) is 11.5. The van der Waals surface area contributed by atoms with Gasteiger partial charge < -0.3 is 14.8 Å². The minimum Gasteiger partial charge on any atom is -0.328 e. The van der Waals surface area contributed by atoms with E-state index in [1.54, 1.807) is 6.08 Å². The van der Waals surface area contributed by atoms with Gasteiger partial charge >= 0.3 is 0 Å². The van der Waals surface area contributed by atoms with Crippen LogP contribution in [0.5, 0.6) is 0 Å². The van der Waals surface area contributed by atoms with Gasteiger partial charge in [-0.25, -0.2) is 0 Å². The molecule has 1 N–H and O–H groups in total. The second-order valence-corrected chi connectivity index (χ2v) is 9.35. The fraction of sp³-hybridized carbons (Fsp3) is 0.280. The van der Waals surface area contributed by atoms with Gasteiger partial charge in [-0.15, -0.1) is 16.8 Å². The van der Waals surface area contributed by atoms with Crippen LogP contribution in [0.1, 0.15) is 40.6 Å². The van der Waals surface area contributed by atoms with E-state index in [9.17, 15) is 19.7 Å².